The van der Waals surface area contributed by atoms with Crippen LogP contribution in [0.15, 0.2) is 59.6 Å². The van der Waals surface area contributed by atoms with Gasteiger partial charge in [0.15, 0.2) is 5.82 Å². The molecule has 1 aromatic carbocycles. The Labute approximate surface area is 170 Å². The van der Waals surface area contributed by atoms with Gasteiger partial charge in [0.2, 0.25) is 0 Å². The van der Waals surface area contributed by atoms with Crippen LogP contribution < -0.4 is 5.32 Å². The van der Waals surface area contributed by atoms with Crippen LogP contribution in [0.3, 0.4) is 0 Å². The van der Waals surface area contributed by atoms with E-state index in [4.69, 9.17) is 9.63 Å². The highest BCUT2D eigenvalue weighted by Crippen LogP contribution is 2.25. The van der Waals surface area contributed by atoms with E-state index in [1.165, 1.54) is 12.3 Å². The van der Waals surface area contributed by atoms with E-state index >= 15 is 0 Å². The Morgan fingerprint density at radius 2 is 1.93 bits per heavy atom. The molecule has 0 bridgehead atoms. The Balaban J connectivity index is 1.62. The molecule has 10 heteroatoms. The van der Waals surface area contributed by atoms with Gasteiger partial charge in [-0.1, -0.05) is 23.4 Å². The molecule has 3 heterocycles. The molecule has 4 rings (SSSR count). The molecule has 1 unspecified atom stereocenters. The van der Waals surface area contributed by atoms with E-state index in [2.05, 4.69) is 25.5 Å². The van der Waals surface area contributed by atoms with Gasteiger partial charge >= 0.3 is 0 Å². The van der Waals surface area contributed by atoms with Crippen LogP contribution in [-0.2, 0) is 6.54 Å². The van der Waals surface area contributed by atoms with Crippen LogP contribution in [0.4, 0.5) is 10.1 Å². The van der Waals surface area contributed by atoms with Crippen molar-refractivity contribution in [2.45, 2.75) is 12.6 Å². The maximum atomic E-state index is 14.1. The van der Waals surface area contributed by atoms with E-state index < -0.39 is 6.10 Å². The van der Waals surface area contributed by atoms with Crippen LogP contribution in [0.5, 0.6) is 0 Å². The molecule has 9 nitrogen and oxygen atoms in total. The number of benzene rings is 1. The van der Waals surface area contributed by atoms with Gasteiger partial charge in [-0.25, -0.2) is 14.4 Å². The van der Waals surface area contributed by atoms with Gasteiger partial charge in [-0.2, -0.15) is 5.10 Å². The highest BCUT2D eigenvalue weighted by molar-refractivity contribution is 5.62. The smallest absolute Gasteiger partial charge is 0.180 e. The molecule has 30 heavy (non-hydrogen) atoms. The van der Waals surface area contributed by atoms with Crippen molar-refractivity contribution in [2.24, 2.45) is 0 Å². The molecule has 0 aliphatic heterocycles. The summed E-state index contributed by atoms with van der Waals surface area (Å²) in [5.41, 5.74) is 2.76. The fourth-order valence-electron chi connectivity index (χ4n) is 2.84. The van der Waals surface area contributed by atoms with Gasteiger partial charge in [0.1, 0.15) is 23.5 Å². The van der Waals surface area contributed by atoms with Crippen molar-refractivity contribution in [3.05, 3.63) is 66.4 Å². The lowest BCUT2D eigenvalue weighted by atomic mass is 10.2. The summed E-state index contributed by atoms with van der Waals surface area (Å²) in [6.45, 7) is 0.0382. The summed E-state index contributed by atoms with van der Waals surface area (Å²) >= 11 is 0. The lowest BCUT2D eigenvalue weighted by Gasteiger charge is -2.09. The van der Waals surface area contributed by atoms with Crippen LogP contribution >= 0.6 is 0 Å². The first-order valence-corrected chi connectivity index (χ1v) is 9.21. The van der Waals surface area contributed by atoms with Crippen molar-refractivity contribution < 1.29 is 19.1 Å². The number of anilines is 1. The van der Waals surface area contributed by atoms with E-state index in [0.29, 0.717) is 34.2 Å². The second-order valence-corrected chi connectivity index (χ2v) is 6.56. The van der Waals surface area contributed by atoms with Gasteiger partial charge in [-0.3, -0.25) is 4.68 Å². The molecule has 154 valence electrons. The molecule has 1 atom stereocenters. The number of rotatable bonds is 8. The predicted octanol–water partition coefficient (Wildman–Crippen LogP) is 1.95. The number of aliphatic hydroxyl groups excluding tert-OH is 2. The van der Waals surface area contributed by atoms with Crippen molar-refractivity contribution >= 4 is 5.69 Å². The quantitative estimate of drug-likeness (QED) is 0.403. The van der Waals surface area contributed by atoms with Crippen molar-refractivity contribution in [1.82, 2.24) is 24.9 Å². The summed E-state index contributed by atoms with van der Waals surface area (Å²) in [5.74, 6) is 0.0534. The van der Waals surface area contributed by atoms with Crippen LogP contribution in [0.25, 0.3) is 22.9 Å². The van der Waals surface area contributed by atoms with Gasteiger partial charge in [-0.15, -0.1) is 0 Å². The molecule has 0 saturated carbocycles. The summed E-state index contributed by atoms with van der Waals surface area (Å²) in [4.78, 5) is 8.60. The summed E-state index contributed by atoms with van der Waals surface area (Å²) < 4.78 is 20.7. The maximum absolute atomic E-state index is 14.1. The lowest BCUT2D eigenvalue weighted by molar-refractivity contribution is 0.105. The van der Waals surface area contributed by atoms with Crippen molar-refractivity contribution in [2.75, 3.05) is 18.5 Å². The zero-order valence-corrected chi connectivity index (χ0v) is 15.8. The largest absolute Gasteiger partial charge is 0.394 e. The minimum atomic E-state index is -0.872. The summed E-state index contributed by atoms with van der Waals surface area (Å²) in [7, 11) is 0. The second-order valence-electron chi connectivity index (χ2n) is 6.56. The normalized spacial score (nSPS) is 12.1. The fourth-order valence-corrected chi connectivity index (χ4v) is 2.84. The Morgan fingerprint density at radius 3 is 2.63 bits per heavy atom. The minimum absolute atomic E-state index is 0.173. The Morgan fingerprint density at radius 1 is 1.13 bits per heavy atom. The third-order valence-electron chi connectivity index (χ3n) is 4.39. The van der Waals surface area contributed by atoms with E-state index in [0.717, 1.165) is 0 Å². The highest BCUT2D eigenvalue weighted by atomic mass is 19.1. The average molecular weight is 410 g/mol. The topological polar surface area (TPSA) is 122 Å². The molecule has 0 fully saturated rings. The molecule has 0 aliphatic carbocycles. The fraction of sp³-hybridized carbons (Fsp3) is 0.200. The van der Waals surface area contributed by atoms with Crippen LogP contribution in [-0.4, -0.2) is 54.4 Å². The first kappa shape index (κ1) is 19.7. The molecular formula is C20H19FN6O3. The molecular weight excluding hydrogens is 391 g/mol. The van der Waals surface area contributed by atoms with Crippen molar-refractivity contribution in [1.29, 1.82) is 0 Å². The standard InChI is InChI=1S/C20H19FN6O3/c21-16-4-2-1-3-13(16)11-27-19(17-5-6-30-26-17)7-18(25-27)20-23-8-14(9-24-20)22-10-15(29)12-28/h1-9,15,22,28-29H,10-12H2. The molecule has 3 aromatic heterocycles. The predicted molar refractivity (Wildman–Crippen MR) is 106 cm³/mol. The highest BCUT2D eigenvalue weighted by Gasteiger charge is 2.16. The van der Waals surface area contributed by atoms with Gasteiger partial charge in [0.25, 0.3) is 0 Å². The maximum Gasteiger partial charge on any atom is 0.180 e. The van der Waals surface area contributed by atoms with E-state index in [-0.39, 0.29) is 25.5 Å². The van der Waals surface area contributed by atoms with Crippen molar-refractivity contribution in [3.63, 3.8) is 0 Å². The lowest BCUT2D eigenvalue weighted by Crippen LogP contribution is -2.23. The van der Waals surface area contributed by atoms with Gasteiger partial charge in [0.05, 0.1) is 43.0 Å². The number of halogens is 1. The Kier molecular flexibility index (Phi) is 5.77. The zero-order chi connectivity index (χ0) is 20.9. The van der Waals surface area contributed by atoms with Crippen molar-refractivity contribution in [3.8, 4) is 22.9 Å². The first-order chi connectivity index (χ1) is 14.6. The van der Waals surface area contributed by atoms with E-state index in [1.807, 2.05) is 0 Å². The van der Waals surface area contributed by atoms with Gasteiger partial charge < -0.3 is 20.1 Å². The monoisotopic (exact) mass is 410 g/mol. The summed E-state index contributed by atoms with van der Waals surface area (Å²) in [6, 6.07) is 9.95. The Bertz CT molecular complexity index is 1100. The molecule has 0 radical (unpaired) electrons. The van der Waals surface area contributed by atoms with E-state index in [9.17, 15) is 9.50 Å². The molecule has 0 spiro atoms. The Hall–Kier alpha value is -3.63. The first-order valence-electron chi connectivity index (χ1n) is 9.21. The average Bonchev–Trinajstić information content (AvgIpc) is 3.44. The van der Waals surface area contributed by atoms with Crippen LogP contribution in [0.1, 0.15) is 5.56 Å². The summed E-state index contributed by atoms with van der Waals surface area (Å²) in [5, 5.41) is 29.7. The molecule has 0 saturated heterocycles. The third-order valence-corrected chi connectivity index (χ3v) is 4.39. The number of hydrogen-bond donors (Lipinski definition) is 3. The summed E-state index contributed by atoms with van der Waals surface area (Å²) in [6.07, 6.45) is 3.69. The van der Waals surface area contributed by atoms with Crippen LogP contribution in [0.2, 0.25) is 0 Å². The SMILES string of the molecule is OCC(O)CNc1cnc(-c2cc(-c3ccon3)n(Cc3ccccc3F)n2)nc1. The molecule has 0 amide bonds. The number of hydrogen-bond acceptors (Lipinski definition) is 8. The third kappa shape index (κ3) is 4.34. The number of nitrogens with zero attached hydrogens (tertiary/aromatic N) is 5. The number of aromatic nitrogens is 5. The number of aliphatic hydroxyl groups is 2. The molecule has 3 N–H and O–H groups in total. The van der Waals surface area contributed by atoms with Gasteiger partial charge in [-0.05, 0) is 12.1 Å². The molecule has 4 aromatic rings. The van der Waals surface area contributed by atoms with E-state index in [1.54, 1.807) is 47.4 Å². The number of nitrogens with one attached hydrogen (secondary N) is 1. The second kappa shape index (κ2) is 8.80. The van der Waals surface area contributed by atoms with Gasteiger partial charge in [0, 0.05) is 18.2 Å². The van der Waals surface area contributed by atoms with Crippen LogP contribution in [0, 0.1) is 5.82 Å². The molecule has 0 aliphatic rings. The minimum Gasteiger partial charge on any atom is -0.394 e. The zero-order valence-electron chi connectivity index (χ0n) is 15.8.